The highest BCUT2D eigenvalue weighted by atomic mass is 16.5. The smallest absolute Gasteiger partial charge is 0.124 e. The van der Waals surface area contributed by atoms with E-state index in [1.807, 2.05) is 5.48 Å². The second-order valence-corrected chi connectivity index (χ2v) is 2.07. The van der Waals surface area contributed by atoms with Crippen molar-refractivity contribution in [3.63, 3.8) is 0 Å². The lowest BCUT2D eigenvalue weighted by Crippen LogP contribution is -2.13. The first kappa shape index (κ1) is 7.56. The molecule has 1 aromatic carbocycles. The highest BCUT2D eigenvalue weighted by molar-refractivity contribution is 6.00. The molecule has 0 aliphatic carbocycles. The summed E-state index contributed by atoms with van der Waals surface area (Å²) in [6.45, 7) is 0. The fraction of sp³-hybridized carbons (Fsp3) is 0. The minimum absolute atomic E-state index is 0.0675. The van der Waals surface area contributed by atoms with E-state index in [4.69, 9.17) is 16.4 Å². The Hall–Kier alpha value is -1.55. The van der Waals surface area contributed by atoms with Crippen molar-refractivity contribution in [2.45, 2.75) is 0 Å². The molecular formula is C7H9N3O. The zero-order chi connectivity index (χ0) is 8.27. The highest BCUT2D eigenvalue weighted by Crippen LogP contribution is 2.12. The molecule has 0 spiro atoms. The Morgan fingerprint density at radius 1 is 1.45 bits per heavy atom. The number of rotatable bonds is 2. The van der Waals surface area contributed by atoms with E-state index >= 15 is 0 Å². The van der Waals surface area contributed by atoms with Crippen LogP contribution in [0.5, 0.6) is 0 Å². The van der Waals surface area contributed by atoms with Crippen LogP contribution < -0.4 is 11.2 Å². The Labute approximate surface area is 64.1 Å². The molecule has 0 atom stereocenters. The molecule has 0 radical (unpaired) electrons. The summed E-state index contributed by atoms with van der Waals surface area (Å²) in [5, 5.41) is 15.7. The van der Waals surface area contributed by atoms with E-state index in [1.54, 1.807) is 24.3 Å². The molecule has 1 aromatic rings. The van der Waals surface area contributed by atoms with Crippen molar-refractivity contribution in [2.24, 2.45) is 5.73 Å². The van der Waals surface area contributed by atoms with Gasteiger partial charge in [-0.05, 0) is 12.1 Å². The van der Waals surface area contributed by atoms with Crippen molar-refractivity contribution in [3.8, 4) is 0 Å². The normalized spacial score (nSPS) is 9.18. The monoisotopic (exact) mass is 151 g/mol. The number of anilines is 1. The maximum atomic E-state index is 8.57. The summed E-state index contributed by atoms with van der Waals surface area (Å²) < 4.78 is 0. The molecule has 0 heterocycles. The predicted molar refractivity (Wildman–Crippen MR) is 42.9 cm³/mol. The van der Waals surface area contributed by atoms with Crippen LogP contribution in [0.2, 0.25) is 0 Å². The lowest BCUT2D eigenvalue weighted by atomic mass is 10.2. The largest absolute Gasteiger partial charge is 0.384 e. The number of nitrogen functional groups attached to an aromatic ring is 1. The molecule has 1 rings (SSSR count). The summed E-state index contributed by atoms with van der Waals surface area (Å²) in [6.07, 6.45) is 0. The third-order valence-electron chi connectivity index (χ3n) is 1.34. The molecule has 0 unspecified atom stereocenters. The number of hydrogen-bond donors (Lipinski definition) is 4. The molecule has 0 aromatic heterocycles. The van der Waals surface area contributed by atoms with Gasteiger partial charge in [0, 0.05) is 5.56 Å². The van der Waals surface area contributed by atoms with Gasteiger partial charge < -0.3 is 5.73 Å². The fourth-order valence-electron chi connectivity index (χ4n) is 0.815. The van der Waals surface area contributed by atoms with Gasteiger partial charge in [0.05, 0.1) is 5.69 Å². The van der Waals surface area contributed by atoms with Gasteiger partial charge in [-0.3, -0.25) is 16.1 Å². The summed E-state index contributed by atoms with van der Waals surface area (Å²) >= 11 is 0. The molecule has 0 aliphatic rings. The Morgan fingerprint density at radius 3 is 2.55 bits per heavy atom. The van der Waals surface area contributed by atoms with Crippen LogP contribution in [-0.4, -0.2) is 11.0 Å². The average Bonchev–Trinajstić information content (AvgIpc) is 2.04. The number of nitrogens with two attached hydrogens (primary N) is 1. The van der Waals surface area contributed by atoms with Crippen molar-refractivity contribution in [3.05, 3.63) is 29.8 Å². The van der Waals surface area contributed by atoms with Gasteiger partial charge in [-0.15, -0.1) is 0 Å². The molecule has 0 saturated heterocycles. The zero-order valence-corrected chi connectivity index (χ0v) is 5.83. The summed E-state index contributed by atoms with van der Waals surface area (Å²) in [7, 11) is 0. The van der Waals surface area contributed by atoms with Crippen LogP contribution in [0.4, 0.5) is 5.69 Å². The third-order valence-corrected chi connectivity index (χ3v) is 1.34. The van der Waals surface area contributed by atoms with Crippen molar-refractivity contribution >= 4 is 11.5 Å². The predicted octanol–water partition coefficient (Wildman–Crippen LogP) is 0.772. The zero-order valence-electron chi connectivity index (χ0n) is 5.83. The summed E-state index contributed by atoms with van der Waals surface area (Å²) in [5.74, 6) is -0.0675. The van der Waals surface area contributed by atoms with Gasteiger partial charge in [-0.2, -0.15) is 0 Å². The van der Waals surface area contributed by atoms with Crippen molar-refractivity contribution < 1.29 is 5.21 Å². The fourth-order valence-corrected chi connectivity index (χ4v) is 0.815. The summed E-state index contributed by atoms with van der Waals surface area (Å²) in [6, 6.07) is 6.78. The lowest BCUT2D eigenvalue weighted by Gasteiger charge is -2.04. The second-order valence-electron chi connectivity index (χ2n) is 2.07. The molecule has 0 saturated carbocycles. The SMILES string of the molecule is N=C(N)c1ccccc1NO. The van der Waals surface area contributed by atoms with Gasteiger partial charge in [0.25, 0.3) is 0 Å². The highest BCUT2D eigenvalue weighted by Gasteiger charge is 2.01. The Balaban J connectivity index is 3.12. The average molecular weight is 151 g/mol. The van der Waals surface area contributed by atoms with Gasteiger partial charge >= 0.3 is 0 Å². The van der Waals surface area contributed by atoms with Gasteiger partial charge in [0.2, 0.25) is 0 Å². The molecule has 0 fully saturated rings. The Kier molecular flexibility index (Phi) is 2.08. The summed E-state index contributed by atoms with van der Waals surface area (Å²) in [4.78, 5) is 0. The quantitative estimate of drug-likeness (QED) is 0.286. The number of hydrogen-bond acceptors (Lipinski definition) is 3. The van der Waals surface area contributed by atoms with E-state index < -0.39 is 0 Å². The van der Waals surface area contributed by atoms with Gasteiger partial charge in [-0.1, -0.05) is 12.1 Å². The van der Waals surface area contributed by atoms with E-state index in [0.717, 1.165) is 0 Å². The van der Waals surface area contributed by atoms with E-state index in [9.17, 15) is 0 Å². The minimum Gasteiger partial charge on any atom is -0.384 e. The maximum Gasteiger partial charge on any atom is 0.124 e. The van der Waals surface area contributed by atoms with Crippen LogP contribution in [-0.2, 0) is 0 Å². The van der Waals surface area contributed by atoms with E-state index in [2.05, 4.69) is 0 Å². The van der Waals surface area contributed by atoms with Crippen LogP contribution in [0.3, 0.4) is 0 Å². The van der Waals surface area contributed by atoms with Crippen LogP contribution in [0.15, 0.2) is 24.3 Å². The first-order valence-corrected chi connectivity index (χ1v) is 3.09. The van der Waals surface area contributed by atoms with Gasteiger partial charge in [0.1, 0.15) is 5.84 Å². The number of nitrogens with one attached hydrogen (secondary N) is 2. The topological polar surface area (TPSA) is 82.1 Å². The molecule has 4 nitrogen and oxygen atoms in total. The Morgan fingerprint density at radius 2 is 2.09 bits per heavy atom. The maximum absolute atomic E-state index is 8.57. The van der Waals surface area contributed by atoms with E-state index in [1.165, 1.54) is 0 Å². The number of benzene rings is 1. The minimum atomic E-state index is -0.0675. The molecule has 58 valence electrons. The Bertz CT molecular complexity index is 272. The third kappa shape index (κ3) is 1.47. The van der Waals surface area contributed by atoms with Crippen LogP contribution >= 0.6 is 0 Å². The summed E-state index contributed by atoms with van der Waals surface area (Å²) in [5.41, 5.74) is 8.12. The van der Waals surface area contributed by atoms with Crippen molar-refractivity contribution in [1.82, 2.24) is 0 Å². The van der Waals surface area contributed by atoms with Crippen LogP contribution in [0.25, 0.3) is 0 Å². The van der Waals surface area contributed by atoms with Crippen molar-refractivity contribution in [2.75, 3.05) is 5.48 Å². The molecular weight excluding hydrogens is 142 g/mol. The molecule has 0 bridgehead atoms. The first-order valence-electron chi connectivity index (χ1n) is 3.09. The molecule has 4 heteroatoms. The molecule has 5 N–H and O–H groups in total. The van der Waals surface area contributed by atoms with Gasteiger partial charge in [-0.25, -0.2) is 0 Å². The number of amidine groups is 1. The van der Waals surface area contributed by atoms with Crippen LogP contribution in [0, 0.1) is 5.41 Å². The molecule has 0 amide bonds. The van der Waals surface area contributed by atoms with E-state index in [0.29, 0.717) is 11.3 Å². The van der Waals surface area contributed by atoms with E-state index in [-0.39, 0.29) is 5.84 Å². The lowest BCUT2D eigenvalue weighted by molar-refractivity contribution is 0.389. The van der Waals surface area contributed by atoms with Crippen molar-refractivity contribution in [1.29, 1.82) is 5.41 Å². The van der Waals surface area contributed by atoms with Crippen LogP contribution in [0.1, 0.15) is 5.56 Å². The molecule has 0 aliphatic heterocycles. The number of para-hydroxylation sites is 1. The second kappa shape index (κ2) is 3.03. The first-order chi connectivity index (χ1) is 5.25. The van der Waals surface area contributed by atoms with Gasteiger partial charge in [0.15, 0.2) is 0 Å². The standard InChI is InChI=1S/C7H9N3O/c8-7(9)5-3-1-2-4-6(5)10-11/h1-4,10-11H,(H3,8,9). The molecule has 11 heavy (non-hydrogen) atoms.